The molecule has 2 aliphatic rings. The third kappa shape index (κ3) is 7.14. The zero-order valence-corrected chi connectivity index (χ0v) is 25.7. The highest BCUT2D eigenvalue weighted by Gasteiger charge is 2.29. The highest BCUT2D eigenvalue weighted by atomic mass is 35.5. The first kappa shape index (κ1) is 29.5. The molecule has 1 unspecified atom stereocenters. The van der Waals surface area contributed by atoms with Crippen LogP contribution in [0.15, 0.2) is 43.1 Å². The fourth-order valence-electron chi connectivity index (χ4n) is 5.96. The summed E-state index contributed by atoms with van der Waals surface area (Å²) >= 11 is 6.44. The summed E-state index contributed by atoms with van der Waals surface area (Å²) in [6.45, 7) is 10.6. The molecule has 1 N–H and O–H groups in total. The SMILES string of the molecule is CC(Cn1cnnn1)Oc1cc(-c2cnc(Nc3cn(C4CCC(N5CCOCC5)CC4)nc3C(C)C)nc2)ccc1Cl. The maximum Gasteiger partial charge on any atom is 0.227 e. The average molecular weight is 607 g/mol. The van der Waals surface area contributed by atoms with E-state index in [4.69, 9.17) is 26.2 Å². The minimum atomic E-state index is -0.185. The standard InChI is InChI=1S/C30H39ClN10O2/c1-20(2)29-27(18-41(36-29)25-7-5-24(6-8-25)39-10-12-42-13-11-39)35-30-32-15-23(16-33-30)22-4-9-26(31)28(14-22)43-21(3)17-40-19-34-37-38-40/h4,9,14-16,18-21,24-25H,5-8,10-13,17H2,1-3H3,(H,32,33,35). The Morgan fingerprint density at radius 2 is 1.77 bits per heavy atom. The van der Waals surface area contributed by atoms with E-state index in [0.29, 0.717) is 35.3 Å². The van der Waals surface area contributed by atoms with E-state index in [2.05, 4.69) is 60.4 Å². The van der Waals surface area contributed by atoms with Crippen LogP contribution in [-0.4, -0.2) is 83.3 Å². The van der Waals surface area contributed by atoms with Crippen LogP contribution in [-0.2, 0) is 11.3 Å². The number of halogens is 1. The highest BCUT2D eigenvalue weighted by molar-refractivity contribution is 6.32. The van der Waals surface area contributed by atoms with Crippen molar-refractivity contribution < 1.29 is 9.47 Å². The number of morpholine rings is 1. The number of ether oxygens (including phenoxy) is 2. The monoisotopic (exact) mass is 606 g/mol. The summed E-state index contributed by atoms with van der Waals surface area (Å²) < 4.78 is 15.4. The van der Waals surface area contributed by atoms with Gasteiger partial charge in [-0.1, -0.05) is 31.5 Å². The Morgan fingerprint density at radius 1 is 1.02 bits per heavy atom. The van der Waals surface area contributed by atoms with Gasteiger partial charge in [-0.2, -0.15) is 5.10 Å². The largest absolute Gasteiger partial charge is 0.487 e. The third-order valence-electron chi connectivity index (χ3n) is 8.24. The number of nitrogens with zero attached hydrogens (tertiary/aromatic N) is 9. The minimum Gasteiger partial charge on any atom is -0.487 e. The molecule has 4 heterocycles. The highest BCUT2D eigenvalue weighted by Crippen LogP contribution is 2.35. The molecule has 13 heteroatoms. The maximum absolute atomic E-state index is 6.44. The van der Waals surface area contributed by atoms with Gasteiger partial charge in [0.05, 0.1) is 42.2 Å². The fraction of sp³-hybridized carbons (Fsp3) is 0.533. The molecule has 0 spiro atoms. The lowest BCUT2D eigenvalue weighted by Gasteiger charge is -2.38. The van der Waals surface area contributed by atoms with Gasteiger partial charge in [0, 0.05) is 43.3 Å². The van der Waals surface area contributed by atoms with E-state index >= 15 is 0 Å². The lowest BCUT2D eigenvalue weighted by Crippen LogP contribution is -2.45. The molecule has 0 amide bonds. The van der Waals surface area contributed by atoms with Gasteiger partial charge >= 0.3 is 0 Å². The molecule has 1 aliphatic carbocycles. The first-order valence-electron chi connectivity index (χ1n) is 15.1. The van der Waals surface area contributed by atoms with Crippen molar-refractivity contribution in [2.75, 3.05) is 31.6 Å². The molecule has 12 nitrogen and oxygen atoms in total. The normalized spacial score (nSPS) is 20.3. The summed E-state index contributed by atoms with van der Waals surface area (Å²) in [6.07, 6.45) is 11.8. The van der Waals surface area contributed by atoms with Crippen molar-refractivity contribution >= 4 is 23.2 Å². The van der Waals surface area contributed by atoms with E-state index in [1.54, 1.807) is 23.4 Å². The van der Waals surface area contributed by atoms with Crippen molar-refractivity contribution in [1.29, 1.82) is 0 Å². The molecule has 1 saturated heterocycles. The summed E-state index contributed by atoms with van der Waals surface area (Å²) in [6, 6.07) is 6.72. The first-order chi connectivity index (χ1) is 20.9. The molecule has 0 bridgehead atoms. The number of hydrogen-bond acceptors (Lipinski definition) is 10. The van der Waals surface area contributed by atoms with Gasteiger partial charge in [0.2, 0.25) is 5.95 Å². The van der Waals surface area contributed by atoms with Crippen molar-refractivity contribution in [3.05, 3.63) is 53.8 Å². The van der Waals surface area contributed by atoms with E-state index in [0.717, 1.165) is 61.7 Å². The fourth-order valence-corrected chi connectivity index (χ4v) is 6.12. The molecule has 4 aromatic rings. The molecule has 0 radical (unpaired) electrons. The lowest BCUT2D eigenvalue weighted by molar-refractivity contribution is 0.00505. The quantitative estimate of drug-likeness (QED) is 0.260. The summed E-state index contributed by atoms with van der Waals surface area (Å²) in [5.74, 6) is 1.38. The van der Waals surface area contributed by atoms with E-state index < -0.39 is 0 Å². The number of aromatic nitrogens is 8. The Morgan fingerprint density at radius 3 is 2.47 bits per heavy atom. The topological polar surface area (TPSA) is 121 Å². The maximum atomic E-state index is 6.44. The van der Waals surface area contributed by atoms with Crippen LogP contribution >= 0.6 is 11.6 Å². The van der Waals surface area contributed by atoms with E-state index in [1.165, 1.54) is 12.8 Å². The molecule has 1 atom stereocenters. The van der Waals surface area contributed by atoms with Gasteiger partial charge < -0.3 is 14.8 Å². The Kier molecular flexibility index (Phi) is 9.15. The second kappa shape index (κ2) is 13.4. The zero-order valence-electron chi connectivity index (χ0n) is 24.9. The van der Waals surface area contributed by atoms with Crippen molar-refractivity contribution in [3.8, 4) is 16.9 Å². The van der Waals surface area contributed by atoms with Crippen molar-refractivity contribution in [3.63, 3.8) is 0 Å². The molecular weight excluding hydrogens is 568 g/mol. The molecule has 1 aliphatic heterocycles. The molecule has 1 saturated carbocycles. The van der Waals surface area contributed by atoms with Crippen molar-refractivity contribution in [2.45, 2.75) is 77.1 Å². The predicted molar refractivity (Wildman–Crippen MR) is 164 cm³/mol. The number of nitrogens with one attached hydrogen (secondary N) is 1. The van der Waals surface area contributed by atoms with Crippen molar-refractivity contribution in [2.24, 2.45) is 0 Å². The number of tetrazole rings is 1. The zero-order chi connectivity index (χ0) is 29.8. The van der Waals surface area contributed by atoms with Gasteiger partial charge in [0.25, 0.3) is 0 Å². The van der Waals surface area contributed by atoms with Crippen LogP contribution in [0.25, 0.3) is 11.1 Å². The Bertz CT molecular complexity index is 1460. The predicted octanol–water partition coefficient (Wildman–Crippen LogP) is 5.13. The molecule has 43 heavy (non-hydrogen) atoms. The Hall–Kier alpha value is -3.61. The van der Waals surface area contributed by atoms with Crippen LogP contribution in [0.1, 0.15) is 64.1 Å². The summed E-state index contributed by atoms with van der Waals surface area (Å²) in [5.41, 5.74) is 3.75. The third-order valence-corrected chi connectivity index (χ3v) is 8.55. The molecule has 1 aromatic carbocycles. The van der Waals surface area contributed by atoms with E-state index in [9.17, 15) is 0 Å². The summed E-state index contributed by atoms with van der Waals surface area (Å²) in [5, 5.41) is 20.2. The molecule has 2 fully saturated rings. The van der Waals surface area contributed by atoms with Crippen LogP contribution in [0, 0.1) is 0 Å². The number of benzene rings is 1. The molecular formula is C30H39ClN10O2. The van der Waals surface area contributed by atoms with Gasteiger partial charge in [0.15, 0.2) is 0 Å². The molecule has 228 valence electrons. The van der Waals surface area contributed by atoms with Gasteiger partial charge in [-0.15, -0.1) is 5.10 Å². The van der Waals surface area contributed by atoms with Crippen LogP contribution in [0.2, 0.25) is 5.02 Å². The second-order valence-corrected chi connectivity index (χ2v) is 12.1. The molecule has 3 aromatic heterocycles. The summed E-state index contributed by atoms with van der Waals surface area (Å²) in [7, 11) is 0. The number of hydrogen-bond donors (Lipinski definition) is 1. The van der Waals surface area contributed by atoms with Crippen LogP contribution in [0.5, 0.6) is 5.75 Å². The van der Waals surface area contributed by atoms with Crippen LogP contribution < -0.4 is 10.1 Å². The number of rotatable bonds is 10. The lowest BCUT2D eigenvalue weighted by atomic mass is 9.90. The summed E-state index contributed by atoms with van der Waals surface area (Å²) in [4.78, 5) is 11.9. The van der Waals surface area contributed by atoms with E-state index in [-0.39, 0.29) is 12.0 Å². The smallest absolute Gasteiger partial charge is 0.227 e. The first-order valence-corrected chi connectivity index (χ1v) is 15.5. The van der Waals surface area contributed by atoms with Gasteiger partial charge in [0.1, 0.15) is 18.2 Å². The van der Waals surface area contributed by atoms with Gasteiger partial charge in [-0.3, -0.25) is 9.58 Å². The second-order valence-electron chi connectivity index (χ2n) is 11.7. The van der Waals surface area contributed by atoms with Crippen LogP contribution in [0.4, 0.5) is 11.6 Å². The Balaban J connectivity index is 1.11. The Labute approximate surface area is 256 Å². The molecule has 6 rings (SSSR count). The van der Waals surface area contributed by atoms with Gasteiger partial charge in [-0.05, 0) is 66.6 Å². The van der Waals surface area contributed by atoms with Crippen LogP contribution in [0.3, 0.4) is 0 Å². The van der Waals surface area contributed by atoms with Crippen molar-refractivity contribution in [1.82, 2.24) is 44.9 Å². The minimum absolute atomic E-state index is 0.185. The average Bonchev–Trinajstić information content (AvgIpc) is 3.70. The van der Waals surface area contributed by atoms with E-state index in [1.807, 2.05) is 25.1 Å². The van der Waals surface area contributed by atoms with Gasteiger partial charge in [-0.25, -0.2) is 14.6 Å². The number of anilines is 2.